The van der Waals surface area contributed by atoms with Gasteiger partial charge in [-0.3, -0.25) is 0 Å². The van der Waals surface area contributed by atoms with Gasteiger partial charge >= 0.3 is 5.97 Å². The van der Waals surface area contributed by atoms with Gasteiger partial charge in [0.25, 0.3) is 0 Å². The van der Waals surface area contributed by atoms with Gasteiger partial charge in [-0.2, -0.15) is 0 Å². The van der Waals surface area contributed by atoms with Gasteiger partial charge in [0.05, 0.1) is 4.90 Å². The number of primary sulfonamides is 1. The number of sulfonamides is 1. The highest BCUT2D eigenvalue weighted by molar-refractivity contribution is 7.89. The van der Waals surface area contributed by atoms with Crippen molar-refractivity contribution in [3.05, 3.63) is 65.4 Å². The molecule has 0 saturated heterocycles. The first kappa shape index (κ1) is 17.2. The number of nitrogens with two attached hydrogens (primary N) is 1. The van der Waals surface area contributed by atoms with E-state index < -0.39 is 16.0 Å². The average molecular weight is 378 g/mol. The minimum absolute atomic E-state index is 0.0606. The molecule has 3 N–H and O–H groups in total. The molecule has 0 unspecified atom stereocenters. The fourth-order valence-electron chi connectivity index (χ4n) is 2.34. The standard InChI is InChI=1S/C17H12ClNO5S/c18-12-5-1-11(2-6-12)15-9-14(16(24-15)17(20)21)10-3-7-13(8-4-10)25(19,22)23/h1-9H,(H,20,21)(H2,19,22,23). The normalized spacial score (nSPS) is 11.4. The van der Waals surface area contributed by atoms with E-state index in [9.17, 15) is 18.3 Å². The molecule has 3 rings (SSSR count). The minimum Gasteiger partial charge on any atom is -0.475 e. The van der Waals surface area contributed by atoms with Crippen molar-refractivity contribution < 1.29 is 22.7 Å². The fraction of sp³-hybridized carbons (Fsp3) is 0. The van der Waals surface area contributed by atoms with Crippen molar-refractivity contribution in [2.45, 2.75) is 4.90 Å². The number of carboxylic acids is 1. The highest BCUT2D eigenvalue weighted by Gasteiger charge is 2.20. The number of rotatable bonds is 4. The number of hydrogen-bond acceptors (Lipinski definition) is 4. The Kier molecular flexibility index (Phi) is 4.38. The predicted octanol–water partition coefficient (Wildman–Crippen LogP) is 3.61. The van der Waals surface area contributed by atoms with E-state index in [4.69, 9.17) is 21.2 Å². The predicted molar refractivity (Wildman–Crippen MR) is 92.9 cm³/mol. The molecule has 0 spiro atoms. The van der Waals surface area contributed by atoms with Crippen LogP contribution in [0.5, 0.6) is 0 Å². The van der Waals surface area contributed by atoms with Crippen molar-refractivity contribution in [3.63, 3.8) is 0 Å². The quantitative estimate of drug-likeness (QED) is 0.721. The summed E-state index contributed by atoms with van der Waals surface area (Å²) in [5.74, 6) is -1.11. The Labute approximate surface area is 148 Å². The van der Waals surface area contributed by atoms with Gasteiger partial charge in [0.1, 0.15) is 5.76 Å². The van der Waals surface area contributed by atoms with Crippen molar-refractivity contribution >= 4 is 27.6 Å². The van der Waals surface area contributed by atoms with E-state index in [2.05, 4.69) is 0 Å². The number of furan rings is 1. The Hall–Kier alpha value is -2.61. The first-order valence-corrected chi connectivity index (χ1v) is 8.94. The van der Waals surface area contributed by atoms with Crippen LogP contribution < -0.4 is 5.14 Å². The van der Waals surface area contributed by atoms with Crippen LogP contribution in [-0.2, 0) is 10.0 Å². The number of hydrogen-bond donors (Lipinski definition) is 2. The van der Waals surface area contributed by atoms with Crippen LogP contribution in [0, 0.1) is 0 Å². The maximum atomic E-state index is 11.5. The monoisotopic (exact) mass is 377 g/mol. The summed E-state index contributed by atoms with van der Waals surface area (Å²) < 4.78 is 28.1. The fourth-order valence-corrected chi connectivity index (χ4v) is 2.99. The lowest BCUT2D eigenvalue weighted by atomic mass is 10.0. The first-order valence-electron chi connectivity index (χ1n) is 7.02. The Morgan fingerprint density at radius 1 is 1.00 bits per heavy atom. The highest BCUT2D eigenvalue weighted by Crippen LogP contribution is 2.33. The summed E-state index contributed by atoms with van der Waals surface area (Å²) in [4.78, 5) is 11.4. The number of halogens is 1. The van der Waals surface area contributed by atoms with E-state index in [0.717, 1.165) is 0 Å². The van der Waals surface area contributed by atoms with E-state index in [1.807, 2.05) is 0 Å². The number of carbonyl (C=O) groups is 1. The zero-order valence-electron chi connectivity index (χ0n) is 12.6. The summed E-state index contributed by atoms with van der Waals surface area (Å²) >= 11 is 5.85. The molecule has 1 aromatic heterocycles. The molecule has 25 heavy (non-hydrogen) atoms. The third kappa shape index (κ3) is 3.58. The Morgan fingerprint density at radius 2 is 1.56 bits per heavy atom. The molecule has 0 bridgehead atoms. The molecule has 0 radical (unpaired) electrons. The molecule has 0 aliphatic carbocycles. The van der Waals surface area contributed by atoms with Crippen LogP contribution in [-0.4, -0.2) is 19.5 Å². The van der Waals surface area contributed by atoms with Gasteiger partial charge in [-0.25, -0.2) is 18.4 Å². The molecule has 0 atom stereocenters. The first-order chi connectivity index (χ1) is 11.8. The van der Waals surface area contributed by atoms with Gasteiger partial charge in [0.15, 0.2) is 0 Å². The van der Waals surface area contributed by atoms with Gasteiger partial charge in [0.2, 0.25) is 15.8 Å². The van der Waals surface area contributed by atoms with E-state index in [-0.39, 0.29) is 10.7 Å². The van der Waals surface area contributed by atoms with E-state index in [0.29, 0.717) is 27.5 Å². The summed E-state index contributed by atoms with van der Waals surface area (Å²) in [5, 5.41) is 15.0. The second-order valence-electron chi connectivity index (χ2n) is 5.23. The highest BCUT2D eigenvalue weighted by atomic mass is 35.5. The lowest BCUT2D eigenvalue weighted by Crippen LogP contribution is -2.11. The Morgan fingerprint density at radius 3 is 2.08 bits per heavy atom. The molecule has 0 aliphatic rings. The van der Waals surface area contributed by atoms with Gasteiger partial charge < -0.3 is 9.52 Å². The molecule has 0 saturated carbocycles. The van der Waals surface area contributed by atoms with Gasteiger partial charge in [-0.15, -0.1) is 0 Å². The average Bonchev–Trinajstić information content (AvgIpc) is 3.00. The third-order valence-electron chi connectivity index (χ3n) is 3.55. The Balaban J connectivity index is 2.09. The Bertz CT molecular complexity index is 1040. The van der Waals surface area contributed by atoms with Crippen LogP contribution in [0.2, 0.25) is 5.02 Å². The largest absolute Gasteiger partial charge is 0.475 e. The van der Waals surface area contributed by atoms with Crippen LogP contribution >= 0.6 is 11.6 Å². The van der Waals surface area contributed by atoms with Crippen molar-refractivity contribution in [1.29, 1.82) is 0 Å². The molecule has 0 fully saturated rings. The van der Waals surface area contributed by atoms with Crippen LogP contribution in [0.3, 0.4) is 0 Å². The van der Waals surface area contributed by atoms with E-state index in [1.54, 1.807) is 30.3 Å². The second kappa shape index (κ2) is 6.36. The van der Waals surface area contributed by atoms with Crippen LogP contribution in [0.15, 0.2) is 63.9 Å². The second-order valence-corrected chi connectivity index (χ2v) is 7.23. The molecular weight excluding hydrogens is 366 g/mol. The summed E-state index contributed by atoms with van der Waals surface area (Å²) in [7, 11) is -3.82. The molecule has 1 heterocycles. The zero-order chi connectivity index (χ0) is 18.2. The van der Waals surface area contributed by atoms with Crippen molar-refractivity contribution in [2.75, 3.05) is 0 Å². The maximum absolute atomic E-state index is 11.5. The van der Waals surface area contributed by atoms with Crippen molar-refractivity contribution in [1.82, 2.24) is 0 Å². The van der Waals surface area contributed by atoms with Crippen LogP contribution in [0.1, 0.15) is 10.6 Å². The molecule has 128 valence electrons. The maximum Gasteiger partial charge on any atom is 0.372 e. The molecule has 0 amide bonds. The number of aromatic carboxylic acids is 1. The number of carboxylic acid groups (broad SMARTS) is 1. The van der Waals surface area contributed by atoms with Gasteiger partial charge in [-0.1, -0.05) is 23.7 Å². The molecular formula is C17H12ClNO5S. The molecule has 3 aromatic rings. The SMILES string of the molecule is NS(=O)(=O)c1ccc(-c2cc(-c3ccc(Cl)cc3)oc2C(=O)O)cc1. The lowest BCUT2D eigenvalue weighted by Gasteiger charge is -2.01. The van der Waals surface area contributed by atoms with Crippen LogP contribution in [0.25, 0.3) is 22.5 Å². The third-order valence-corrected chi connectivity index (χ3v) is 4.73. The topological polar surface area (TPSA) is 111 Å². The lowest BCUT2D eigenvalue weighted by molar-refractivity contribution is 0.0664. The molecule has 0 aliphatic heterocycles. The molecule has 8 heteroatoms. The molecule has 2 aromatic carbocycles. The van der Waals surface area contributed by atoms with E-state index >= 15 is 0 Å². The van der Waals surface area contributed by atoms with Crippen molar-refractivity contribution in [3.8, 4) is 22.5 Å². The zero-order valence-corrected chi connectivity index (χ0v) is 14.2. The summed E-state index contributed by atoms with van der Waals surface area (Å²) in [5.41, 5.74) is 1.49. The summed E-state index contributed by atoms with van der Waals surface area (Å²) in [6.45, 7) is 0. The molecule has 6 nitrogen and oxygen atoms in total. The number of benzene rings is 2. The minimum atomic E-state index is -3.82. The van der Waals surface area contributed by atoms with Gasteiger partial charge in [-0.05, 0) is 48.0 Å². The summed E-state index contributed by atoms with van der Waals surface area (Å²) in [6.07, 6.45) is 0. The summed E-state index contributed by atoms with van der Waals surface area (Å²) in [6, 6.07) is 13.9. The van der Waals surface area contributed by atoms with Crippen molar-refractivity contribution in [2.24, 2.45) is 5.14 Å². The smallest absolute Gasteiger partial charge is 0.372 e. The van der Waals surface area contributed by atoms with E-state index in [1.165, 1.54) is 24.3 Å². The van der Waals surface area contributed by atoms with Crippen LogP contribution in [0.4, 0.5) is 0 Å². The van der Waals surface area contributed by atoms with Gasteiger partial charge in [0, 0.05) is 16.1 Å².